The molecule has 0 saturated carbocycles. The first kappa shape index (κ1) is 14.1. The van der Waals surface area contributed by atoms with Crippen molar-refractivity contribution in [3.63, 3.8) is 0 Å². The summed E-state index contributed by atoms with van der Waals surface area (Å²) in [6.07, 6.45) is 4.06. The van der Waals surface area contributed by atoms with Crippen LogP contribution in [-0.2, 0) is 0 Å². The third kappa shape index (κ3) is 3.80. The number of methoxy groups -OCH3 is 1. The molecule has 1 aromatic rings. The highest BCUT2D eigenvalue weighted by molar-refractivity contribution is 5.41. The molecule has 106 valence electrons. The maximum absolute atomic E-state index is 5.19. The topological polar surface area (TPSA) is 50.3 Å². The second-order valence-corrected chi connectivity index (χ2v) is 5.36. The van der Waals surface area contributed by atoms with Crippen LogP contribution in [0.25, 0.3) is 0 Å². The van der Waals surface area contributed by atoms with Crippen LogP contribution in [0.5, 0.6) is 5.88 Å². The number of hydrogen-bond acceptors (Lipinski definition) is 5. The molecule has 19 heavy (non-hydrogen) atoms. The Morgan fingerprint density at radius 3 is 2.74 bits per heavy atom. The van der Waals surface area contributed by atoms with E-state index >= 15 is 0 Å². The maximum Gasteiger partial charge on any atom is 0.218 e. The van der Waals surface area contributed by atoms with E-state index in [0.717, 1.165) is 31.4 Å². The van der Waals surface area contributed by atoms with E-state index in [1.807, 2.05) is 6.07 Å². The van der Waals surface area contributed by atoms with Crippen molar-refractivity contribution in [3.8, 4) is 5.88 Å². The average molecular weight is 264 g/mol. The van der Waals surface area contributed by atoms with Gasteiger partial charge >= 0.3 is 0 Å². The Hall–Kier alpha value is -1.36. The summed E-state index contributed by atoms with van der Waals surface area (Å²) in [6.45, 7) is 7.72. The average Bonchev–Trinajstić information content (AvgIpc) is 2.45. The third-order valence-corrected chi connectivity index (χ3v) is 3.67. The van der Waals surface area contributed by atoms with Gasteiger partial charge in [0.05, 0.1) is 7.11 Å². The Balaban J connectivity index is 2.09. The lowest BCUT2D eigenvalue weighted by molar-refractivity contribution is 0.366. The number of aromatic nitrogens is 2. The number of piperidine rings is 1. The Kier molecular flexibility index (Phi) is 4.96. The van der Waals surface area contributed by atoms with Crippen molar-refractivity contribution in [3.05, 3.63) is 12.4 Å². The molecule has 1 saturated heterocycles. The van der Waals surface area contributed by atoms with Crippen molar-refractivity contribution in [1.29, 1.82) is 0 Å². The molecule has 0 atom stereocenters. The first-order valence-electron chi connectivity index (χ1n) is 7.04. The number of nitrogens with one attached hydrogen (secondary N) is 1. The molecule has 1 N–H and O–H groups in total. The van der Waals surface area contributed by atoms with E-state index < -0.39 is 0 Å². The highest BCUT2D eigenvalue weighted by atomic mass is 16.5. The molecule has 5 nitrogen and oxygen atoms in total. The van der Waals surface area contributed by atoms with Gasteiger partial charge < -0.3 is 15.0 Å². The fourth-order valence-electron chi connectivity index (χ4n) is 2.51. The Bertz CT molecular complexity index is 391. The van der Waals surface area contributed by atoms with Gasteiger partial charge in [0.15, 0.2) is 0 Å². The zero-order valence-electron chi connectivity index (χ0n) is 12.1. The molecule has 1 aromatic heterocycles. The minimum absolute atomic E-state index is 0.425. The van der Waals surface area contributed by atoms with Crippen LogP contribution in [0.4, 0.5) is 5.82 Å². The Labute approximate surface area is 115 Å². The van der Waals surface area contributed by atoms with Gasteiger partial charge in [-0.2, -0.15) is 0 Å². The molecule has 0 amide bonds. The largest absolute Gasteiger partial charge is 0.481 e. The van der Waals surface area contributed by atoms with E-state index in [1.165, 1.54) is 12.8 Å². The number of anilines is 1. The highest BCUT2D eigenvalue weighted by Crippen LogP contribution is 2.22. The van der Waals surface area contributed by atoms with E-state index in [9.17, 15) is 0 Å². The summed E-state index contributed by atoms with van der Waals surface area (Å²) in [7, 11) is 1.64. The minimum atomic E-state index is 0.425. The fourth-order valence-corrected chi connectivity index (χ4v) is 2.51. The zero-order valence-corrected chi connectivity index (χ0v) is 12.1. The number of ether oxygens (including phenoxy) is 1. The van der Waals surface area contributed by atoms with Gasteiger partial charge in [-0.25, -0.2) is 9.97 Å². The SMILES string of the molecule is COc1cc(N(CC2CCNCC2)C(C)C)ncn1. The summed E-state index contributed by atoms with van der Waals surface area (Å²) in [4.78, 5) is 10.8. The standard InChI is InChI=1S/C14H24N4O/c1-11(2)18(9-12-4-6-15-7-5-12)13-8-14(19-3)17-10-16-13/h8,10-12,15H,4-7,9H2,1-3H3. The van der Waals surface area contributed by atoms with Gasteiger partial charge in [0.2, 0.25) is 5.88 Å². The van der Waals surface area contributed by atoms with Crippen LogP contribution in [0.1, 0.15) is 26.7 Å². The van der Waals surface area contributed by atoms with Crippen molar-refractivity contribution in [2.24, 2.45) is 5.92 Å². The molecule has 0 bridgehead atoms. The molecular weight excluding hydrogens is 240 g/mol. The lowest BCUT2D eigenvalue weighted by atomic mass is 9.97. The predicted octanol–water partition coefficient (Wildman–Crippen LogP) is 1.70. The number of nitrogens with zero attached hydrogens (tertiary/aromatic N) is 3. The summed E-state index contributed by atoms with van der Waals surface area (Å²) in [5.74, 6) is 2.32. The van der Waals surface area contributed by atoms with Gasteiger partial charge in [-0.3, -0.25) is 0 Å². The van der Waals surface area contributed by atoms with Crippen LogP contribution in [0.15, 0.2) is 12.4 Å². The number of rotatable bonds is 5. The summed E-state index contributed by atoms with van der Waals surface area (Å²) in [5, 5.41) is 3.41. The first-order chi connectivity index (χ1) is 9.20. The van der Waals surface area contributed by atoms with Crippen LogP contribution < -0.4 is 15.0 Å². The molecule has 2 heterocycles. The molecule has 5 heteroatoms. The van der Waals surface area contributed by atoms with Crippen molar-refractivity contribution in [1.82, 2.24) is 15.3 Å². The van der Waals surface area contributed by atoms with Crippen molar-refractivity contribution >= 4 is 5.82 Å². The molecule has 0 aliphatic carbocycles. The molecule has 0 radical (unpaired) electrons. The van der Waals surface area contributed by atoms with E-state index in [1.54, 1.807) is 13.4 Å². The van der Waals surface area contributed by atoms with Gasteiger partial charge in [-0.05, 0) is 45.7 Å². The van der Waals surface area contributed by atoms with Crippen LogP contribution >= 0.6 is 0 Å². The quantitative estimate of drug-likeness (QED) is 0.877. The number of hydrogen-bond donors (Lipinski definition) is 1. The molecule has 2 rings (SSSR count). The Morgan fingerprint density at radius 2 is 2.11 bits per heavy atom. The van der Waals surface area contributed by atoms with Crippen molar-refractivity contribution in [2.45, 2.75) is 32.7 Å². The molecule has 0 aromatic carbocycles. The summed E-state index contributed by atoms with van der Waals surface area (Å²) in [5.41, 5.74) is 0. The summed E-state index contributed by atoms with van der Waals surface area (Å²) >= 11 is 0. The first-order valence-corrected chi connectivity index (χ1v) is 7.04. The summed E-state index contributed by atoms with van der Waals surface area (Å²) < 4.78 is 5.19. The molecule has 0 spiro atoms. The third-order valence-electron chi connectivity index (χ3n) is 3.67. The summed E-state index contributed by atoms with van der Waals surface area (Å²) in [6, 6.07) is 2.34. The van der Waals surface area contributed by atoms with Gasteiger partial charge in [-0.15, -0.1) is 0 Å². The van der Waals surface area contributed by atoms with E-state index in [4.69, 9.17) is 4.74 Å². The predicted molar refractivity (Wildman–Crippen MR) is 76.7 cm³/mol. The van der Waals surface area contributed by atoms with E-state index in [0.29, 0.717) is 11.9 Å². The van der Waals surface area contributed by atoms with Crippen LogP contribution in [0.3, 0.4) is 0 Å². The Morgan fingerprint density at radius 1 is 1.37 bits per heavy atom. The molecule has 1 aliphatic heterocycles. The highest BCUT2D eigenvalue weighted by Gasteiger charge is 2.20. The normalized spacial score (nSPS) is 16.6. The van der Waals surface area contributed by atoms with Gasteiger partial charge in [0.1, 0.15) is 12.1 Å². The smallest absolute Gasteiger partial charge is 0.218 e. The second-order valence-electron chi connectivity index (χ2n) is 5.36. The van der Waals surface area contributed by atoms with Gasteiger partial charge in [-0.1, -0.05) is 0 Å². The van der Waals surface area contributed by atoms with Crippen molar-refractivity contribution in [2.75, 3.05) is 31.6 Å². The van der Waals surface area contributed by atoms with E-state index in [2.05, 4.69) is 34.0 Å². The molecular formula is C14H24N4O. The molecule has 1 fully saturated rings. The van der Waals surface area contributed by atoms with Gasteiger partial charge in [0, 0.05) is 18.7 Å². The fraction of sp³-hybridized carbons (Fsp3) is 0.714. The lowest BCUT2D eigenvalue weighted by Gasteiger charge is -2.33. The second kappa shape index (κ2) is 6.70. The van der Waals surface area contributed by atoms with Crippen LogP contribution in [-0.4, -0.2) is 42.8 Å². The minimum Gasteiger partial charge on any atom is -0.481 e. The zero-order chi connectivity index (χ0) is 13.7. The van der Waals surface area contributed by atoms with Crippen LogP contribution in [0.2, 0.25) is 0 Å². The van der Waals surface area contributed by atoms with Crippen molar-refractivity contribution < 1.29 is 4.74 Å². The van der Waals surface area contributed by atoms with Gasteiger partial charge in [0.25, 0.3) is 0 Å². The molecule has 0 unspecified atom stereocenters. The molecule has 1 aliphatic rings. The van der Waals surface area contributed by atoms with Crippen LogP contribution in [0, 0.1) is 5.92 Å². The maximum atomic E-state index is 5.19. The lowest BCUT2D eigenvalue weighted by Crippen LogP contribution is -2.40. The van der Waals surface area contributed by atoms with E-state index in [-0.39, 0.29) is 0 Å². The monoisotopic (exact) mass is 264 g/mol.